The molecule has 1 amide bonds. The lowest BCUT2D eigenvalue weighted by molar-refractivity contribution is -0.141. The maximum Gasteiger partial charge on any atom is 0.433 e. The van der Waals surface area contributed by atoms with Crippen LogP contribution in [0.15, 0.2) is 65.8 Å². The number of thioether (sulfide) groups is 1. The van der Waals surface area contributed by atoms with Crippen molar-refractivity contribution in [1.29, 1.82) is 0 Å². The van der Waals surface area contributed by atoms with Gasteiger partial charge in [-0.25, -0.2) is 9.97 Å². The molecule has 0 aliphatic carbocycles. The maximum atomic E-state index is 13.3. The minimum atomic E-state index is -4.62. The number of carbonyl (C=O) groups excluding carboxylic acids is 1. The molecule has 1 N–H and O–H groups in total. The summed E-state index contributed by atoms with van der Waals surface area (Å²) >= 11 is 0.891. The van der Waals surface area contributed by atoms with E-state index in [0.717, 1.165) is 29.1 Å². The molecular formula is C23H22F3N3O2S. The molecule has 0 radical (unpaired) electrons. The Labute approximate surface area is 188 Å². The van der Waals surface area contributed by atoms with Gasteiger partial charge in [-0.05, 0) is 37.1 Å². The number of carbonyl (C=O) groups is 1. The van der Waals surface area contributed by atoms with Crippen LogP contribution < -0.4 is 10.1 Å². The van der Waals surface area contributed by atoms with Gasteiger partial charge in [0.15, 0.2) is 5.16 Å². The van der Waals surface area contributed by atoms with Crippen LogP contribution in [0.25, 0.3) is 11.3 Å². The molecule has 9 heteroatoms. The number of rotatable bonds is 8. The minimum Gasteiger partial charge on any atom is -0.497 e. The fraction of sp³-hybridized carbons (Fsp3) is 0.261. The van der Waals surface area contributed by atoms with Crippen molar-refractivity contribution in [2.24, 2.45) is 0 Å². The van der Waals surface area contributed by atoms with Crippen molar-refractivity contribution in [1.82, 2.24) is 15.3 Å². The van der Waals surface area contributed by atoms with Crippen molar-refractivity contribution in [3.63, 3.8) is 0 Å². The molecular weight excluding hydrogens is 439 g/mol. The number of benzene rings is 2. The molecule has 0 fully saturated rings. The summed E-state index contributed by atoms with van der Waals surface area (Å²) in [5.41, 5.74) is 0.683. The topological polar surface area (TPSA) is 64.1 Å². The summed E-state index contributed by atoms with van der Waals surface area (Å²) in [4.78, 5) is 20.3. The number of hydrogen-bond acceptors (Lipinski definition) is 5. The summed E-state index contributed by atoms with van der Waals surface area (Å²) in [6.45, 7) is 2.01. The van der Waals surface area contributed by atoms with Gasteiger partial charge >= 0.3 is 6.18 Å². The summed E-state index contributed by atoms with van der Waals surface area (Å²) in [6.07, 6.45) is -4.00. The van der Waals surface area contributed by atoms with Gasteiger partial charge in [-0.2, -0.15) is 13.2 Å². The average molecular weight is 462 g/mol. The van der Waals surface area contributed by atoms with E-state index in [2.05, 4.69) is 15.3 Å². The molecule has 1 atom stereocenters. The Bertz CT molecular complexity index is 1040. The van der Waals surface area contributed by atoms with Gasteiger partial charge in [0, 0.05) is 12.1 Å². The highest BCUT2D eigenvalue weighted by molar-refractivity contribution is 8.00. The Kier molecular flexibility index (Phi) is 7.74. The summed E-state index contributed by atoms with van der Waals surface area (Å²) in [6, 6.07) is 17.0. The van der Waals surface area contributed by atoms with Gasteiger partial charge in [-0.15, -0.1) is 0 Å². The molecule has 0 bridgehead atoms. The molecule has 2 aromatic carbocycles. The second-order valence-corrected chi connectivity index (χ2v) is 8.24. The first-order valence-electron chi connectivity index (χ1n) is 9.85. The third-order valence-electron chi connectivity index (χ3n) is 4.59. The zero-order valence-electron chi connectivity index (χ0n) is 17.5. The summed E-state index contributed by atoms with van der Waals surface area (Å²) in [7, 11) is 1.59. The lowest BCUT2D eigenvalue weighted by Crippen LogP contribution is -2.32. The van der Waals surface area contributed by atoms with Gasteiger partial charge in [0.1, 0.15) is 11.4 Å². The number of aromatic nitrogens is 2. The third kappa shape index (κ3) is 6.46. The monoisotopic (exact) mass is 461 g/mol. The molecule has 1 aromatic heterocycles. The summed E-state index contributed by atoms with van der Waals surface area (Å²) in [5.74, 6) is 0.449. The van der Waals surface area contributed by atoms with E-state index in [1.165, 1.54) is 0 Å². The number of nitrogens with zero attached hydrogens (tertiary/aromatic N) is 2. The molecule has 5 nitrogen and oxygen atoms in total. The highest BCUT2D eigenvalue weighted by Gasteiger charge is 2.34. The van der Waals surface area contributed by atoms with Crippen LogP contribution in [0.5, 0.6) is 5.75 Å². The fourth-order valence-electron chi connectivity index (χ4n) is 2.86. The summed E-state index contributed by atoms with van der Waals surface area (Å²) in [5, 5.41) is 2.03. The van der Waals surface area contributed by atoms with E-state index in [4.69, 9.17) is 4.74 Å². The van der Waals surface area contributed by atoms with Crippen molar-refractivity contribution >= 4 is 17.7 Å². The molecule has 32 heavy (non-hydrogen) atoms. The molecule has 0 unspecified atom stereocenters. The molecule has 0 spiro atoms. The van der Waals surface area contributed by atoms with Gasteiger partial charge in [0.2, 0.25) is 5.91 Å². The van der Waals surface area contributed by atoms with E-state index in [9.17, 15) is 18.0 Å². The number of halogens is 3. The Morgan fingerprint density at radius 2 is 1.78 bits per heavy atom. The van der Waals surface area contributed by atoms with E-state index in [0.29, 0.717) is 18.5 Å². The summed E-state index contributed by atoms with van der Waals surface area (Å²) < 4.78 is 45.2. The molecule has 168 valence electrons. The first-order chi connectivity index (χ1) is 15.3. The van der Waals surface area contributed by atoms with Crippen LogP contribution in [-0.4, -0.2) is 34.8 Å². The SMILES string of the molecule is COc1ccc(CCNC(=O)[C@H](C)Sc2nc(-c3ccccc3)cc(C(F)(F)F)n2)cc1. The first-order valence-corrected chi connectivity index (χ1v) is 10.7. The number of hydrogen-bond donors (Lipinski definition) is 1. The number of alkyl halides is 3. The molecule has 0 saturated carbocycles. The predicted octanol–water partition coefficient (Wildman–Crippen LogP) is 5.01. The van der Waals surface area contributed by atoms with Crippen molar-refractivity contribution in [2.45, 2.75) is 29.9 Å². The number of nitrogens with one attached hydrogen (secondary N) is 1. The molecule has 3 aromatic rings. The van der Waals surface area contributed by atoms with Crippen LogP contribution in [0.1, 0.15) is 18.2 Å². The van der Waals surface area contributed by atoms with E-state index in [1.54, 1.807) is 44.4 Å². The zero-order valence-corrected chi connectivity index (χ0v) is 18.3. The van der Waals surface area contributed by atoms with Gasteiger partial charge in [-0.3, -0.25) is 4.79 Å². The second-order valence-electron chi connectivity index (χ2n) is 6.93. The van der Waals surface area contributed by atoms with Crippen LogP contribution in [0.2, 0.25) is 0 Å². The van der Waals surface area contributed by atoms with Crippen LogP contribution in [0.4, 0.5) is 13.2 Å². The van der Waals surface area contributed by atoms with Crippen molar-refractivity contribution in [3.8, 4) is 17.0 Å². The van der Waals surface area contributed by atoms with Gasteiger partial charge in [0.25, 0.3) is 0 Å². The van der Waals surface area contributed by atoms with Crippen LogP contribution in [-0.2, 0) is 17.4 Å². The zero-order chi connectivity index (χ0) is 23.1. The minimum absolute atomic E-state index is 0.100. The quantitative estimate of drug-likeness (QED) is 0.377. The molecule has 0 aliphatic rings. The van der Waals surface area contributed by atoms with Crippen molar-refractivity contribution in [2.75, 3.05) is 13.7 Å². The van der Waals surface area contributed by atoms with Gasteiger partial charge < -0.3 is 10.1 Å². The van der Waals surface area contributed by atoms with Crippen molar-refractivity contribution < 1.29 is 22.7 Å². The third-order valence-corrected chi connectivity index (χ3v) is 5.55. The largest absolute Gasteiger partial charge is 0.497 e. The lowest BCUT2D eigenvalue weighted by Gasteiger charge is -2.14. The highest BCUT2D eigenvalue weighted by Crippen LogP contribution is 2.32. The van der Waals surface area contributed by atoms with Gasteiger partial charge in [0.05, 0.1) is 18.1 Å². The number of amides is 1. The first kappa shape index (κ1) is 23.6. The van der Waals surface area contributed by atoms with E-state index in [1.807, 2.05) is 24.3 Å². The molecule has 0 aliphatic heterocycles. The van der Waals surface area contributed by atoms with E-state index in [-0.39, 0.29) is 16.8 Å². The van der Waals surface area contributed by atoms with Crippen LogP contribution in [0.3, 0.4) is 0 Å². The smallest absolute Gasteiger partial charge is 0.433 e. The van der Waals surface area contributed by atoms with E-state index >= 15 is 0 Å². The standard InChI is InChI=1S/C23H22F3N3O2S/c1-15(21(30)27-13-12-16-8-10-18(31-2)11-9-16)32-22-28-19(17-6-4-3-5-7-17)14-20(29-22)23(24,25)26/h3-11,14-15H,12-13H2,1-2H3,(H,27,30)/t15-/m0/s1. The second kappa shape index (κ2) is 10.5. The average Bonchev–Trinajstić information content (AvgIpc) is 2.79. The fourth-order valence-corrected chi connectivity index (χ4v) is 3.67. The van der Waals surface area contributed by atoms with E-state index < -0.39 is 17.1 Å². The molecule has 0 saturated heterocycles. The van der Waals surface area contributed by atoms with Gasteiger partial charge in [-0.1, -0.05) is 54.2 Å². The number of ether oxygens (including phenoxy) is 1. The van der Waals surface area contributed by atoms with Crippen LogP contribution in [0, 0.1) is 0 Å². The maximum absolute atomic E-state index is 13.3. The Balaban J connectivity index is 1.66. The predicted molar refractivity (Wildman–Crippen MR) is 117 cm³/mol. The highest BCUT2D eigenvalue weighted by atomic mass is 32.2. The van der Waals surface area contributed by atoms with Crippen LogP contribution >= 0.6 is 11.8 Å². The Hall–Kier alpha value is -3.07. The normalized spacial score (nSPS) is 12.3. The molecule has 3 rings (SSSR count). The molecule has 1 heterocycles. The van der Waals surface area contributed by atoms with Crippen molar-refractivity contribution in [3.05, 3.63) is 71.9 Å². The number of methoxy groups -OCH3 is 1. The lowest BCUT2D eigenvalue weighted by atomic mass is 10.1. The Morgan fingerprint density at radius 1 is 1.09 bits per heavy atom. The Morgan fingerprint density at radius 3 is 2.41 bits per heavy atom.